The summed E-state index contributed by atoms with van der Waals surface area (Å²) in [6.45, 7) is 7.20. The van der Waals surface area contributed by atoms with Crippen molar-refractivity contribution in [3.05, 3.63) is 23.3 Å². The largest absolute Gasteiger partial charge is 0.481 e. The number of methoxy groups -OCH3 is 1. The molecule has 0 aromatic rings. The molecular formula is C24H42O3. The van der Waals surface area contributed by atoms with Gasteiger partial charge in [-0.3, -0.25) is 4.79 Å². The Bertz CT molecular complexity index is 492. The highest BCUT2D eigenvalue weighted by atomic mass is 16.5. The lowest BCUT2D eigenvalue weighted by molar-refractivity contribution is -0.149. The SMILES string of the molecule is CCCCCCCCC1(C(=O)O)C=C(CCC)C=C(CCC)C1CCOC. The average molecular weight is 379 g/mol. The molecule has 0 saturated heterocycles. The molecule has 0 aromatic carbocycles. The van der Waals surface area contributed by atoms with E-state index in [1.165, 1.54) is 36.8 Å². The number of aliphatic carboxylic acids is 1. The number of carboxylic acid groups (broad SMARTS) is 1. The van der Waals surface area contributed by atoms with E-state index in [0.29, 0.717) is 6.61 Å². The van der Waals surface area contributed by atoms with E-state index in [1.807, 2.05) is 0 Å². The third-order valence-electron chi connectivity index (χ3n) is 5.91. The Morgan fingerprint density at radius 2 is 1.70 bits per heavy atom. The first-order chi connectivity index (χ1) is 13.1. The lowest BCUT2D eigenvalue weighted by atomic mass is 9.63. The minimum atomic E-state index is -0.757. The van der Waals surface area contributed by atoms with Crippen molar-refractivity contribution >= 4 is 5.97 Å². The van der Waals surface area contributed by atoms with Gasteiger partial charge in [-0.1, -0.05) is 95.4 Å². The summed E-state index contributed by atoms with van der Waals surface area (Å²) >= 11 is 0. The molecule has 156 valence electrons. The fourth-order valence-electron chi connectivity index (χ4n) is 4.55. The molecule has 1 N–H and O–H groups in total. The van der Waals surface area contributed by atoms with Crippen LogP contribution in [-0.2, 0) is 9.53 Å². The van der Waals surface area contributed by atoms with Crippen molar-refractivity contribution in [2.45, 2.75) is 97.8 Å². The van der Waals surface area contributed by atoms with Gasteiger partial charge < -0.3 is 9.84 Å². The van der Waals surface area contributed by atoms with Gasteiger partial charge in [-0.15, -0.1) is 0 Å². The highest BCUT2D eigenvalue weighted by Gasteiger charge is 2.46. The molecule has 1 rings (SSSR count). The van der Waals surface area contributed by atoms with Crippen molar-refractivity contribution in [1.82, 2.24) is 0 Å². The molecule has 0 bridgehead atoms. The molecule has 2 unspecified atom stereocenters. The van der Waals surface area contributed by atoms with Crippen molar-refractivity contribution in [2.24, 2.45) is 11.3 Å². The van der Waals surface area contributed by atoms with Crippen LogP contribution in [0.15, 0.2) is 23.3 Å². The first kappa shape index (κ1) is 23.9. The highest BCUT2D eigenvalue weighted by Crippen LogP contribution is 2.47. The van der Waals surface area contributed by atoms with Gasteiger partial charge in [0.15, 0.2) is 0 Å². The van der Waals surface area contributed by atoms with E-state index >= 15 is 0 Å². The highest BCUT2D eigenvalue weighted by molar-refractivity contribution is 5.79. The summed E-state index contributed by atoms with van der Waals surface area (Å²) in [6, 6.07) is 0. The maximum Gasteiger partial charge on any atom is 0.314 e. The van der Waals surface area contributed by atoms with E-state index < -0.39 is 11.4 Å². The Balaban J connectivity index is 3.06. The van der Waals surface area contributed by atoms with E-state index in [-0.39, 0.29) is 5.92 Å². The number of carbonyl (C=O) groups is 1. The molecule has 3 nitrogen and oxygen atoms in total. The second-order valence-electron chi connectivity index (χ2n) is 8.14. The summed E-state index contributed by atoms with van der Waals surface area (Å²) in [4.78, 5) is 12.6. The van der Waals surface area contributed by atoms with E-state index in [0.717, 1.165) is 51.4 Å². The lowest BCUT2D eigenvalue weighted by Crippen LogP contribution is -2.40. The van der Waals surface area contributed by atoms with Crippen LogP contribution in [0.25, 0.3) is 0 Å². The molecular weight excluding hydrogens is 336 g/mol. The zero-order chi connectivity index (χ0) is 20.1. The molecule has 0 fully saturated rings. The molecule has 1 aliphatic carbocycles. The van der Waals surface area contributed by atoms with Crippen molar-refractivity contribution in [3.8, 4) is 0 Å². The zero-order valence-electron chi connectivity index (χ0n) is 18.2. The van der Waals surface area contributed by atoms with E-state index in [4.69, 9.17) is 4.74 Å². The van der Waals surface area contributed by atoms with E-state index in [9.17, 15) is 9.90 Å². The van der Waals surface area contributed by atoms with Gasteiger partial charge in [0.05, 0.1) is 5.41 Å². The van der Waals surface area contributed by atoms with Gasteiger partial charge in [0.25, 0.3) is 0 Å². The van der Waals surface area contributed by atoms with E-state index in [2.05, 4.69) is 32.9 Å². The first-order valence-corrected chi connectivity index (χ1v) is 11.2. The first-order valence-electron chi connectivity index (χ1n) is 11.2. The number of hydrogen-bond donors (Lipinski definition) is 1. The van der Waals surface area contributed by atoms with Crippen LogP contribution in [0.1, 0.15) is 97.8 Å². The van der Waals surface area contributed by atoms with Crippen molar-refractivity contribution < 1.29 is 14.6 Å². The molecule has 0 radical (unpaired) electrons. The molecule has 0 amide bonds. The maximum absolute atomic E-state index is 12.6. The van der Waals surface area contributed by atoms with Crippen LogP contribution in [0.3, 0.4) is 0 Å². The van der Waals surface area contributed by atoms with Crippen LogP contribution < -0.4 is 0 Å². The Hall–Kier alpha value is -1.09. The number of unbranched alkanes of at least 4 members (excludes halogenated alkanes) is 5. The monoisotopic (exact) mass is 378 g/mol. The van der Waals surface area contributed by atoms with Crippen LogP contribution >= 0.6 is 0 Å². The van der Waals surface area contributed by atoms with Gasteiger partial charge in [0, 0.05) is 19.6 Å². The summed E-state index contributed by atoms with van der Waals surface area (Å²) < 4.78 is 5.35. The van der Waals surface area contributed by atoms with Crippen LogP contribution in [-0.4, -0.2) is 24.8 Å². The summed E-state index contributed by atoms with van der Waals surface area (Å²) in [5.74, 6) is -0.585. The molecule has 0 saturated carbocycles. The van der Waals surface area contributed by atoms with Gasteiger partial charge in [-0.2, -0.15) is 0 Å². The Kier molecular flexibility index (Phi) is 11.7. The fraction of sp³-hybridized carbons (Fsp3) is 0.792. The number of ether oxygens (including phenoxy) is 1. The van der Waals surface area contributed by atoms with Gasteiger partial charge in [-0.05, 0) is 25.7 Å². The number of rotatable bonds is 15. The Labute approximate surface area is 167 Å². The normalized spacial score (nSPS) is 22.4. The standard InChI is InChI=1S/C24H42O3/c1-5-8-9-10-11-12-16-24(23(25)26)19-20(13-6-2)18-21(14-7-3)22(24)15-17-27-4/h18-19,22H,5-17H2,1-4H3,(H,25,26). The molecule has 27 heavy (non-hydrogen) atoms. The quantitative estimate of drug-likeness (QED) is 0.314. The minimum Gasteiger partial charge on any atom is -0.481 e. The second-order valence-corrected chi connectivity index (χ2v) is 8.14. The molecule has 0 aromatic heterocycles. The maximum atomic E-state index is 12.6. The molecule has 2 atom stereocenters. The molecule has 3 heteroatoms. The number of carboxylic acids is 1. The molecule has 0 aliphatic heterocycles. The summed E-state index contributed by atoms with van der Waals surface area (Å²) in [5.41, 5.74) is 1.80. The predicted molar refractivity (Wildman–Crippen MR) is 114 cm³/mol. The van der Waals surface area contributed by atoms with Gasteiger partial charge in [0.1, 0.15) is 0 Å². The van der Waals surface area contributed by atoms with Crippen LogP contribution in [0.4, 0.5) is 0 Å². The zero-order valence-corrected chi connectivity index (χ0v) is 18.2. The van der Waals surface area contributed by atoms with E-state index in [1.54, 1.807) is 7.11 Å². The third-order valence-corrected chi connectivity index (χ3v) is 5.91. The van der Waals surface area contributed by atoms with Crippen molar-refractivity contribution in [2.75, 3.05) is 13.7 Å². The lowest BCUT2D eigenvalue weighted by Gasteiger charge is -2.40. The summed E-state index contributed by atoms with van der Waals surface area (Å²) in [5, 5.41) is 10.4. The molecule has 1 aliphatic rings. The second kappa shape index (κ2) is 13.1. The Morgan fingerprint density at radius 1 is 1.04 bits per heavy atom. The van der Waals surface area contributed by atoms with Gasteiger partial charge in [0.2, 0.25) is 0 Å². The van der Waals surface area contributed by atoms with Crippen LogP contribution in [0.2, 0.25) is 0 Å². The topological polar surface area (TPSA) is 46.5 Å². The van der Waals surface area contributed by atoms with Crippen molar-refractivity contribution in [1.29, 1.82) is 0 Å². The van der Waals surface area contributed by atoms with Crippen LogP contribution in [0, 0.1) is 11.3 Å². The van der Waals surface area contributed by atoms with Crippen molar-refractivity contribution in [3.63, 3.8) is 0 Å². The third kappa shape index (κ3) is 7.10. The van der Waals surface area contributed by atoms with Gasteiger partial charge >= 0.3 is 5.97 Å². The Morgan fingerprint density at radius 3 is 2.30 bits per heavy atom. The summed E-state index contributed by atoms with van der Waals surface area (Å²) in [6.07, 6.45) is 17.2. The van der Waals surface area contributed by atoms with Gasteiger partial charge in [-0.25, -0.2) is 0 Å². The number of hydrogen-bond acceptors (Lipinski definition) is 2. The molecule has 0 heterocycles. The number of allylic oxidation sites excluding steroid dienone is 3. The average Bonchev–Trinajstić information content (AvgIpc) is 2.64. The fourth-order valence-corrected chi connectivity index (χ4v) is 4.55. The summed E-state index contributed by atoms with van der Waals surface area (Å²) in [7, 11) is 1.71. The predicted octanol–water partition coefficient (Wildman–Crippen LogP) is 6.93. The van der Waals surface area contributed by atoms with Crippen LogP contribution in [0.5, 0.6) is 0 Å². The molecule has 0 spiro atoms. The minimum absolute atomic E-state index is 0.0612. The smallest absolute Gasteiger partial charge is 0.314 e.